The van der Waals surface area contributed by atoms with Crippen molar-refractivity contribution in [2.75, 3.05) is 13.1 Å². The molecular weight excluding hydrogens is 354 g/mol. The first-order valence-corrected chi connectivity index (χ1v) is 3.71. The first-order valence-electron chi connectivity index (χ1n) is 2.95. The van der Waals surface area contributed by atoms with Crippen molar-refractivity contribution in [3.63, 3.8) is 0 Å². The van der Waals surface area contributed by atoms with Gasteiger partial charge in [-0.2, -0.15) is 0 Å². The number of halogens is 2. The van der Waals surface area contributed by atoms with Crippen molar-refractivity contribution in [3.05, 3.63) is 0 Å². The van der Waals surface area contributed by atoms with Crippen molar-refractivity contribution in [3.8, 4) is 0 Å². The van der Waals surface area contributed by atoms with E-state index in [1.165, 1.54) is 0 Å². The summed E-state index contributed by atoms with van der Waals surface area (Å²) in [6, 6.07) is 0. The van der Waals surface area contributed by atoms with E-state index in [0.717, 1.165) is 13.0 Å². The molecule has 0 spiro atoms. The summed E-state index contributed by atoms with van der Waals surface area (Å²) in [5.41, 5.74) is 5.22. The molecule has 3 N–H and O–H groups in total. The molecule has 0 saturated heterocycles. The fraction of sp³-hybridized carbons (Fsp3) is 1.00. The van der Waals surface area contributed by atoms with E-state index in [-0.39, 0.29) is 27.6 Å². The average Bonchev–Trinajstić information content (AvgIpc) is 1.84. The Morgan fingerprint density at radius 2 is 2.00 bits per heavy atom. The van der Waals surface area contributed by atoms with Crippen LogP contribution in [0.1, 0.15) is 13.3 Å². The second kappa shape index (κ2) is 6.87. The Bertz CT molecular complexity index is 80.0. The summed E-state index contributed by atoms with van der Waals surface area (Å²) in [7, 11) is 0. The minimum absolute atomic E-state index is 0. The van der Waals surface area contributed by atoms with Crippen LogP contribution in [-0.4, -0.2) is 17.5 Å². The summed E-state index contributed by atoms with van der Waals surface area (Å²) in [6.45, 7) is 3.06. The van der Waals surface area contributed by atoms with E-state index in [2.05, 4.69) is 5.32 Å². The van der Waals surface area contributed by atoms with Crippen molar-refractivity contribution >= 4 is 23.2 Å². The summed E-state index contributed by atoms with van der Waals surface area (Å²) < 4.78 is -0.935. The van der Waals surface area contributed by atoms with Crippen molar-refractivity contribution in [2.24, 2.45) is 5.73 Å². The second-order valence-corrected chi connectivity index (χ2v) is 3.32. The molecular formula is C5H12Cl2N2Pt. The maximum Gasteiger partial charge on any atom is 0.181 e. The van der Waals surface area contributed by atoms with Gasteiger partial charge in [-0.15, -0.1) is 0 Å². The van der Waals surface area contributed by atoms with Crippen LogP contribution in [0, 0.1) is 0 Å². The quantitative estimate of drug-likeness (QED) is 0.577. The third kappa shape index (κ3) is 7.30. The van der Waals surface area contributed by atoms with E-state index in [4.69, 9.17) is 28.9 Å². The van der Waals surface area contributed by atoms with Gasteiger partial charge in [0.2, 0.25) is 0 Å². The van der Waals surface area contributed by atoms with E-state index in [1.807, 2.05) is 6.92 Å². The van der Waals surface area contributed by atoms with E-state index in [9.17, 15) is 0 Å². The van der Waals surface area contributed by atoms with Gasteiger partial charge in [0.15, 0.2) is 4.46 Å². The van der Waals surface area contributed by atoms with Crippen LogP contribution < -0.4 is 11.1 Å². The predicted molar refractivity (Wildman–Crippen MR) is 41.8 cm³/mol. The molecule has 0 aromatic carbocycles. The minimum Gasteiger partial charge on any atom is -0.327 e. The fourth-order valence-corrected chi connectivity index (χ4v) is 0.569. The zero-order chi connectivity index (χ0) is 7.33. The predicted octanol–water partition coefficient (Wildman–Crippen LogP) is 1.07. The van der Waals surface area contributed by atoms with Crippen LogP contribution in [0.4, 0.5) is 0 Å². The molecule has 0 aliphatic heterocycles. The van der Waals surface area contributed by atoms with Gasteiger partial charge in [-0.25, -0.2) is 0 Å². The molecule has 0 aliphatic rings. The SMILES string of the molecule is CCCNC(Cl)(Cl)CN.[Pt]. The van der Waals surface area contributed by atoms with Gasteiger partial charge < -0.3 is 5.73 Å². The topological polar surface area (TPSA) is 38.0 Å². The molecule has 0 bridgehead atoms. The zero-order valence-electron chi connectivity index (χ0n) is 5.77. The molecule has 0 aromatic rings. The molecule has 0 rings (SSSR count). The summed E-state index contributed by atoms with van der Waals surface area (Å²) in [6.07, 6.45) is 1.00. The Morgan fingerprint density at radius 1 is 1.50 bits per heavy atom. The molecule has 0 heterocycles. The number of hydrogen-bond acceptors (Lipinski definition) is 2. The van der Waals surface area contributed by atoms with Gasteiger partial charge in [-0.05, 0) is 13.0 Å². The minimum atomic E-state index is -0.935. The summed E-state index contributed by atoms with van der Waals surface area (Å²) in [5, 5.41) is 2.86. The molecule has 0 unspecified atom stereocenters. The largest absolute Gasteiger partial charge is 0.327 e. The van der Waals surface area contributed by atoms with Crippen molar-refractivity contribution in [1.82, 2.24) is 5.32 Å². The van der Waals surface area contributed by atoms with Gasteiger partial charge in [0, 0.05) is 27.6 Å². The Labute approximate surface area is 86.1 Å². The van der Waals surface area contributed by atoms with Gasteiger partial charge in [0.1, 0.15) is 0 Å². The van der Waals surface area contributed by atoms with Gasteiger partial charge in [-0.3, -0.25) is 5.32 Å². The molecule has 2 nitrogen and oxygen atoms in total. The monoisotopic (exact) mass is 365 g/mol. The average molecular weight is 366 g/mol. The first kappa shape index (κ1) is 13.8. The molecule has 0 saturated carbocycles. The number of rotatable bonds is 4. The second-order valence-electron chi connectivity index (χ2n) is 1.84. The number of nitrogens with two attached hydrogens (primary N) is 1. The zero-order valence-corrected chi connectivity index (χ0v) is 9.55. The third-order valence-corrected chi connectivity index (χ3v) is 1.47. The molecule has 5 heteroatoms. The van der Waals surface area contributed by atoms with E-state index < -0.39 is 4.46 Å². The van der Waals surface area contributed by atoms with Crippen LogP contribution >= 0.6 is 23.2 Å². The molecule has 0 aliphatic carbocycles. The number of hydrogen-bond donors (Lipinski definition) is 2. The molecule has 0 radical (unpaired) electrons. The standard InChI is InChI=1S/C5H12Cl2N2.Pt/c1-2-3-9-5(6,7)4-8;/h9H,2-4,8H2,1H3;. The summed E-state index contributed by atoms with van der Waals surface area (Å²) >= 11 is 11.3. The van der Waals surface area contributed by atoms with E-state index in [0.29, 0.717) is 0 Å². The van der Waals surface area contributed by atoms with Crippen molar-refractivity contribution in [1.29, 1.82) is 0 Å². The van der Waals surface area contributed by atoms with Crippen LogP contribution in [0.15, 0.2) is 0 Å². The molecule has 66 valence electrons. The van der Waals surface area contributed by atoms with Gasteiger partial charge in [0.05, 0.1) is 0 Å². The maximum absolute atomic E-state index is 5.63. The van der Waals surface area contributed by atoms with E-state index in [1.54, 1.807) is 0 Å². The summed E-state index contributed by atoms with van der Waals surface area (Å²) in [4.78, 5) is 0. The van der Waals surface area contributed by atoms with Crippen molar-refractivity contribution in [2.45, 2.75) is 17.8 Å². The molecule has 0 atom stereocenters. The number of alkyl halides is 2. The number of nitrogens with one attached hydrogen (secondary N) is 1. The Balaban J connectivity index is 0. The molecule has 10 heavy (non-hydrogen) atoms. The van der Waals surface area contributed by atoms with Crippen LogP contribution in [0.3, 0.4) is 0 Å². The Hall–Kier alpha value is 1.19. The van der Waals surface area contributed by atoms with Crippen LogP contribution in [0.25, 0.3) is 0 Å². The normalized spacial score (nSPS) is 10.8. The molecule has 0 amide bonds. The van der Waals surface area contributed by atoms with Gasteiger partial charge >= 0.3 is 0 Å². The van der Waals surface area contributed by atoms with Crippen molar-refractivity contribution < 1.29 is 21.1 Å². The fourth-order valence-electron chi connectivity index (χ4n) is 0.380. The Kier molecular flexibility index (Phi) is 9.45. The molecule has 0 fully saturated rings. The van der Waals surface area contributed by atoms with E-state index >= 15 is 0 Å². The van der Waals surface area contributed by atoms with Crippen LogP contribution in [0.2, 0.25) is 0 Å². The smallest absolute Gasteiger partial charge is 0.181 e. The first-order chi connectivity index (χ1) is 4.12. The van der Waals surface area contributed by atoms with Crippen LogP contribution in [0.5, 0.6) is 0 Å². The van der Waals surface area contributed by atoms with Gasteiger partial charge in [-0.1, -0.05) is 30.1 Å². The summed E-state index contributed by atoms with van der Waals surface area (Å²) in [5.74, 6) is 0. The molecule has 0 aromatic heterocycles. The Morgan fingerprint density at radius 3 is 2.30 bits per heavy atom. The van der Waals surface area contributed by atoms with Gasteiger partial charge in [0.25, 0.3) is 0 Å². The third-order valence-electron chi connectivity index (χ3n) is 0.890. The van der Waals surface area contributed by atoms with Crippen LogP contribution in [-0.2, 0) is 21.1 Å². The maximum atomic E-state index is 5.63.